The maximum Gasteiger partial charge on any atom is 0.244 e. The molecule has 3 heterocycles. The van der Waals surface area contributed by atoms with Crippen LogP contribution in [-0.4, -0.2) is 49.0 Å². The predicted molar refractivity (Wildman–Crippen MR) is 211 cm³/mol. The third-order valence-electron chi connectivity index (χ3n) is 15.4. The van der Waals surface area contributed by atoms with E-state index in [1.165, 1.54) is 16.6 Å². The van der Waals surface area contributed by atoms with Crippen LogP contribution in [-0.2, 0) is 21.4 Å². The summed E-state index contributed by atoms with van der Waals surface area (Å²) in [5.74, 6) is 0.511. The zero-order valence-corrected chi connectivity index (χ0v) is 33.1. The zero-order chi connectivity index (χ0) is 37.9. The van der Waals surface area contributed by atoms with E-state index in [2.05, 4.69) is 89.1 Å². The molecule has 6 aliphatic rings. The van der Waals surface area contributed by atoms with E-state index in [4.69, 9.17) is 4.74 Å². The van der Waals surface area contributed by atoms with Crippen LogP contribution in [0.1, 0.15) is 135 Å². The van der Waals surface area contributed by atoms with Crippen LogP contribution >= 0.6 is 0 Å². The van der Waals surface area contributed by atoms with Gasteiger partial charge in [-0.3, -0.25) is 4.79 Å². The summed E-state index contributed by atoms with van der Waals surface area (Å²) in [7, 11) is 0. The average molecular weight is 719 g/mol. The molecule has 2 aromatic heterocycles. The number of aliphatic hydroxyl groups excluding tert-OH is 2. The number of benzene rings is 1. The number of aliphatic hydroxyl groups is 2. The molecule has 3 fully saturated rings. The Morgan fingerprint density at radius 1 is 1.04 bits per heavy atom. The second-order valence-electron chi connectivity index (χ2n) is 19.7. The highest BCUT2D eigenvalue weighted by Gasteiger charge is 2.67. The van der Waals surface area contributed by atoms with E-state index in [0.29, 0.717) is 18.4 Å². The van der Waals surface area contributed by atoms with Gasteiger partial charge in [0, 0.05) is 50.9 Å². The number of carbonyl (C=O) groups is 1. The number of hydrogen-bond donors (Lipinski definition) is 4. The zero-order valence-electron chi connectivity index (χ0n) is 33.1. The van der Waals surface area contributed by atoms with E-state index in [1.54, 1.807) is 6.08 Å². The van der Waals surface area contributed by atoms with Gasteiger partial charge in [-0.05, 0) is 144 Å². The summed E-state index contributed by atoms with van der Waals surface area (Å²) < 4.78 is 8.91. The summed E-state index contributed by atoms with van der Waals surface area (Å²) in [6.45, 7) is 23.9. The van der Waals surface area contributed by atoms with Crippen LogP contribution in [0.15, 0.2) is 42.5 Å². The van der Waals surface area contributed by atoms with Gasteiger partial charge < -0.3 is 29.8 Å². The van der Waals surface area contributed by atoms with Crippen molar-refractivity contribution in [1.82, 2.24) is 9.72 Å². The largest absolute Gasteiger partial charge is 0.505 e. The van der Waals surface area contributed by atoms with Gasteiger partial charge in [0.2, 0.25) is 5.91 Å². The molecule has 4 N–H and O–H groups in total. The van der Waals surface area contributed by atoms with Crippen LogP contribution in [0.5, 0.6) is 5.75 Å². The maximum atomic E-state index is 12.6. The number of ether oxygens (including phenoxy) is 1. The molecule has 1 aromatic carbocycles. The Labute approximate surface area is 314 Å². The topological polar surface area (TPSA) is 103 Å². The average Bonchev–Trinajstić information content (AvgIpc) is 3.52. The third kappa shape index (κ3) is 4.53. The number of aromatic nitrogens is 1. The molecule has 282 valence electrons. The van der Waals surface area contributed by atoms with Crippen LogP contribution in [0.3, 0.4) is 0 Å². The number of fused-ring (bicyclic) bond motifs is 11. The number of carbonyl (C=O) groups excluding carboxylic acids is 1. The van der Waals surface area contributed by atoms with Crippen molar-refractivity contribution in [2.24, 2.45) is 28.6 Å². The molecule has 0 bridgehead atoms. The van der Waals surface area contributed by atoms with Gasteiger partial charge in [-0.25, -0.2) is 0 Å². The number of allylic oxidation sites excluding steroid dienone is 3. The molecule has 0 spiro atoms. The van der Waals surface area contributed by atoms with Gasteiger partial charge in [-0.2, -0.15) is 0 Å². The Kier molecular flexibility index (Phi) is 7.25. The molecular formula is C46H58N2O5. The fraction of sp³-hybridized carbons (Fsp3) is 0.587. The SMILES string of the molecule is C=C(C)c1c(O)c2c3c(cc4c5c(n1c42)[C@@]1(C)C(CC[C@H]2[C@](C)(C=CC(C)=CC(=O)NC4CC4)[C@@H](O)CC[C@@]21C)C5)C1=CC(C)(C)OC(C)(C)C1[C@@H]3O. The van der Waals surface area contributed by atoms with Crippen LogP contribution in [0.25, 0.3) is 27.4 Å². The third-order valence-corrected chi connectivity index (χ3v) is 15.4. The normalized spacial score (nSPS) is 37.0. The van der Waals surface area contributed by atoms with Crippen LogP contribution in [0.2, 0.25) is 0 Å². The van der Waals surface area contributed by atoms with Crippen molar-refractivity contribution in [3.05, 3.63) is 70.6 Å². The Balaban J connectivity index is 1.23. The van der Waals surface area contributed by atoms with Crippen LogP contribution < -0.4 is 5.32 Å². The molecule has 3 saturated carbocycles. The number of rotatable bonds is 5. The molecule has 53 heavy (non-hydrogen) atoms. The van der Waals surface area contributed by atoms with Crippen molar-refractivity contribution >= 4 is 33.3 Å². The summed E-state index contributed by atoms with van der Waals surface area (Å²) in [5.41, 5.74) is 6.97. The van der Waals surface area contributed by atoms with Gasteiger partial charge in [0.1, 0.15) is 5.75 Å². The van der Waals surface area contributed by atoms with Crippen molar-refractivity contribution in [3.63, 3.8) is 0 Å². The van der Waals surface area contributed by atoms with Gasteiger partial charge in [0.15, 0.2) is 0 Å². The van der Waals surface area contributed by atoms with Gasteiger partial charge in [0.25, 0.3) is 0 Å². The Hall–Kier alpha value is -3.39. The van der Waals surface area contributed by atoms with Crippen molar-refractivity contribution in [2.75, 3.05) is 0 Å². The van der Waals surface area contributed by atoms with E-state index in [1.807, 2.05) is 13.8 Å². The van der Waals surface area contributed by atoms with E-state index in [-0.39, 0.29) is 34.3 Å². The predicted octanol–water partition coefficient (Wildman–Crippen LogP) is 8.69. The first-order valence-electron chi connectivity index (χ1n) is 20.1. The minimum atomic E-state index is -0.823. The minimum Gasteiger partial charge on any atom is -0.505 e. The fourth-order valence-electron chi connectivity index (χ4n) is 13.0. The molecule has 5 aliphatic carbocycles. The molecule has 1 amide bonds. The van der Waals surface area contributed by atoms with Crippen LogP contribution in [0, 0.1) is 28.6 Å². The minimum absolute atomic E-state index is 0.0442. The first kappa shape index (κ1) is 35.3. The molecular weight excluding hydrogens is 661 g/mol. The molecule has 0 saturated heterocycles. The van der Waals surface area contributed by atoms with E-state index in [0.717, 1.165) is 83.0 Å². The van der Waals surface area contributed by atoms with E-state index in [9.17, 15) is 20.1 Å². The summed E-state index contributed by atoms with van der Waals surface area (Å²) in [4.78, 5) is 12.6. The van der Waals surface area contributed by atoms with E-state index >= 15 is 0 Å². The highest BCUT2D eigenvalue weighted by molar-refractivity contribution is 6.11. The molecule has 0 radical (unpaired) electrons. The quantitative estimate of drug-likeness (QED) is 0.156. The number of nitrogens with zero attached hydrogens (tertiary/aromatic N) is 1. The van der Waals surface area contributed by atoms with Gasteiger partial charge >= 0.3 is 0 Å². The Bertz CT molecular complexity index is 2210. The second kappa shape index (κ2) is 10.9. The Morgan fingerprint density at radius 3 is 2.43 bits per heavy atom. The molecule has 7 nitrogen and oxygen atoms in total. The molecule has 8 atom stereocenters. The van der Waals surface area contributed by atoms with Crippen molar-refractivity contribution in [3.8, 4) is 5.75 Å². The summed E-state index contributed by atoms with van der Waals surface area (Å²) in [5, 5.41) is 41.4. The molecule has 2 unspecified atom stereocenters. The lowest BCUT2D eigenvalue weighted by Crippen LogP contribution is -2.62. The fourth-order valence-corrected chi connectivity index (χ4v) is 13.0. The lowest BCUT2D eigenvalue weighted by molar-refractivity contribution is -0.144. The van der Waals surface area contributed by atoms with Gasteiger partial charge in [-0.1, -0.05) is 39.5 Å². The second-order valence-corrected chi connectivity index (χ2v) is 19.7. The molecule has 9 rings (SSSR count). The van der Waals surface area contributed by atoms with Gasteiger partial charge in [0.05, 0.1) is 34.6 Å². The standard InChI is InChI=1S/C46H58N2O5/c1-23(2)37-40(52)35-34-27(30-22-42(4,5)53-43(6,7)36(30)39(34)51)21-28-29-20-25-11-14-31-44(8,17-15-24(3)19-33(50)47-26-12-13-26)32(49)16-18-45(31,9)46(25,10)41(29)48(37)38(28)35/h15,17,19,21-22,25-26,31-32,36,39,49,51-52H,1,11-14,16,18,20H2,2-10H3,(H,47,50)/t25?,31-,32-,36?,39+,44-,45-,46+/m0/s1. The molecule has 7 heteroatoms. The number of hydrogen-bond acceptors (Lipinski definition) is 5. The van der Waals surface area contributed by atoms with Crippen molar-refractivity contribution in [2.45, 2.75) is 142 Å². The number of nitrogens with one attached hydrogen (secondary N) is 1. The smallest absolute Gasteiger partial charge is 0.244 e. The monoisotopic (exact) mass is 718 g/mol. The van der Waals surface area contributed by atoms with Gasteiger partial charge in [-0.15, -0.1) is 0 Å². The first-order valence-corrected chi connectivity index (χ1v) is 20.1. The number of aromatic hydroxyl groups is 1. The highest BCUT2D eigenvalue weighted by Crippen LogP contribution is 2.71. The highest BCUT2D eigenvalue weighted by atomic mass is 16.5. The summed E-state index contributed by atoms with van der Waals surface area (Å²) in [6, 6.07) is 2.64. The summed E-state index contributed by atoms with van der Waals surface area (Å²) in [6.07, 6.45) is 13.5. The van der Waals surface area contributed by atoms with E-state index < -0.39 is 28.8 Å². The Morgan fingerprint density at radius 2 is 1.75 bits per heavy atom. The summed E-state index contributed by atoms with van der Waals surface area (Å²) >= 11 is 0. The number of amides is 1. The maximum absolute atomic E-state index is 12.6. The lowest BCUT2D eigenvalue weighted by Gasteiger charge is -2.64. The lowest BCUT2D eigenvalue weighted by atomic mass is 9.40. The van der Waals surface area contributed by atoms with Crippen molar-refractivity contribution < 1.29 is 24.9 Å². The van der Waals surface area contributed by atoms with Crippen molar-refractivity contribution in [1.29, 1.82) is 0 Å². The van der Waals surface area contributed by atoms with Crippen LogP contribution in [0.4, 0.5) is 0 Å². The molecule has 1 aliphatic heterocycles. The first-order chi connectivity index (χ1) is 24.7. The molecule has 3 aromatic rings.